The Kier molecular flexibility index (Phi) is 4.35. The number of anilines is 1. The van der Waals surface area contributed by atoms with Crippen molar-refractivity contribution in [3.63, 3.8) is 0 Å². The monoisotopic (exact) mass is 276 g/mol. The summed E-state index contributed by atoms with van der Waals surface area (Å²) >= 11 is 0. The highest BCUT2D eigenvalue weighted by molar-refractivity contribution is 5.50. The molecule has 0 heterocycles. The van der Waals surface area contributed by atoms with E-state index in [-0.39, 0.29) is 24.2 Å². The minimum atomic E-state index is -0.337. The second-order valence-electron chi connectivity index (χ2n) is 4.83. The predicted octanol–water partition coefficient (Wildman–Crippen LogP) is 3.62. The van der Waals surface area contributed by atoms with Crippen LogP contribution in [0.2, 0.25) is 0 Å². The number of rotatable bonds is 4. The van der Waals surface area contributed by atoms with E-state index in [9.17, 15) is 8.78 Å². The van der Waals surface area contributed by atoms with Gasteiger partial charge in [0.2, 0.25) is 0 Å². The van der Waals surface area contributed by atoms with Gasteiger partial charge in [-0.3, -0.25) is 0 Å². The van der Waals surface area contributed by atoms with Gasteiger partial charge in [-0.05, 0) is 36.8 Å². The van der Waals surface area contributed by atoms with Crippen LogP contribution in [0, 0.1) is 11.6 Å². The highest BCUT2D eigenvalue weighted by Crippen LogP contribution is 2.28. The zero-order chi connectivity index (χ0) is 14.7. The summed E-state index contributed by atoms with van der Waals surface area (Å²) in [4.78, 5) is 1.83. The van der Waals surface area contributed by atoms with Crippen LogP contribution in [0.1, 0.15) is 24.1 Å². The highest BCUT2D eigenvalue weighted by atomic mass is 19.1. The van der Waals surface area contributed by atoms with Gasteiger partial charge in [0.15, 0.2) is 0 Å². The summed E-state index contributed by atoms with van der Waals surface area (Å²) < 4.78 is 27.4. The van der Waals surface area contributed by atoms with Crippen LogP contribution < -0.4 is 10.6 Å². The first-order chi connectivity index (χ1) is 9.52. The van der Waals surface area contributed by atoms with Crippen LogP contribution in [-0.4, -0.2) is 7.05 Å². The molecular formula is C16H18F2N2. The van der Waals surface area contributed by atoms with Gasteiger partial charge in [-0.2, -0.15) is 0 Å². The molecule has 0 spiro atoms. The molecule has 0 aliphatic rings. The van der Waals surface area contributed by atoms with E-state index in [2.05, 4.69) is 0 Å². The molecule has 1 atom stereocenters. The van der Waals surface area contributed by atoms with Gasteiger partial charge in [0.25, 0.3) is 0 Å². The third-order valence-electron chi connectivity index (χ3n) is 3.52. The second kappa shape index (κ2) is 6.01. The first-order valence-corrected chi connectivity index (χ1v) is 6.49. The van der Waals surface area contributed by atoms with Crippen molar-refractivity contribution in [1.29, 1.82) is 0 Å². The van der Waals surface area contributed by atoms with Gasteiger partial charge in [0, 0.05) is 24.8 Å². The van der Waals surface area contributed by atoms with Gasteiger partial charge in [0.05, 0.1) is 6.04 Å². The predicted molar refractivity (Wildman–Crippen MR) is 77.5 cm³/mol. The average molecular weight is 276 g/mol. The first kappa shape index (κ1) is 14.5. The van der Waals surface area contributed by atoms with E-state index in [1.807, 2.05) is 24.9 Å². The molecule has 0 saturated heterocycles. The Balaban J connectivity index is 2.33. The third-order valence-corrected chi connectivity index (χ3v) is 3.52. The molecule has 0 bridgehead atoms. The Hall–Kier alpha value is -1.94. The SMILES string of the molecule is CC(c1ccccc1F)N(C)c1cc(F)cc(CN)c1. The molecular weight excluding hydrogens is 258 g/mol. The Labute approximate surface area is 117 Å². The lowest BCUT2D eigenvalue weighted by Gasteiger charge is -2.28. The largest absolute Gasteiger partial charge is 0.368 e. The second-order valence-corrected chi connectivity index (χ2v) is 4.83. The summed E-state index contributed by atoms with van der Waals surface area (Å²) in [5.74, 6) is -0.599. The Morgan fingerprint density at radius 2 is 1.85 bits per heavy atom. The number of hydrogen-bond donors (Lipinski definition) is 1. The van der Waals surface area contributed by atoms with Crippen LogP contribution >= 0.6 is 0 Å². The fourth-order valence-electron chi connectivity index (χ4n) is 2.20. The van der Waals surface area contributed by atoms with Gasteiger partial charge in [-0.25, -0.2) is 8.78 Å². The van der Waals surface area contributed by atoms with E-state index in [1.165, 1.54) is 18.2 Å². The van der Waals surface area contributed by atoms with Crippen molar-refractivity contribution in [2.24, 2.45) is 5.73 Å². The molecule has 2 aromatic rings. The molecule has 2 N–H and O–H groups in total. The molecule has 4 heteroatoms. The lowest BCUT2D eigenvalue weighted by molar-refractivity contribution is 0.584. The zero-order valence-electron chi connectivity index (χ0n) is 11.6. The van der Waals surface area contributed by atoms with E-state index in [1.54, 1.807) is 18.2 Å². The summed E-state index contributed by atoms with van der Waals surface area (Å²) in [6.07, 6.45) is 0. The summed E-state index contributed by atoms with van der Waals surface area (Å²) in [5.41, 5.74) is 7.53. The third kappa shape index (κ3) is 2.96. The van der Waals surface area contributed by atoms with Crippen LogP contribution in [0.5, 0.6) is 0 Å². The van der Waals surface area contributed by atoms with E-state index >= 15 is 0 Å². The molecule has 2 aromatic carbocycles. The van der Waals surface area contributed by atoms with Crippen molar-refractivity contribution >= 4 is 5.69 Å². The van der Waals surface area contributed by atoms with Crippen molar-refractivity contribution in [2.75, 3.05) is 11.9 Å². The Bertz CT molecular complexity index is 599. The summed E-state index contributed by atoms with van der Waals surface area (Å²) in [6.45, 7) is 2.15. The standard InChI is InChI=1S/C16H18F2N2/c1-11(15-5-3-4-6-16(15)18)20(2)14-8-12(10-19)7-13(17)9-14/h3-9,11H,10,19H2,1-2H3. The smallest absolute Gasteiger partial charge is 0.128 e. The molecule has 0 amide bonds. The molecule has 1 unspecified atom stereocenters. The lowest BCUT2D eigenvalue weighted by atomic mass is 10.1. The molecule has 2 nitrogen and oxygen atoms in total. The van der Waals surface area contributed by atoms with Crippen LogP contribution in [-0.2, 0) is 6.54 Å². The molecule has 0 radical (unpaired) electrons. The quantitative estimate of drug-likeness (QED) is 0.924. The summed E-state index contributed by atoms with van der Waals surface area (Å²) in [7, 11) is 1.81. The van der Waals surface area contributed by atoms with E-state index < -0.39 is 0 Å². The topological polar surface area (TPSA) is 29.3 Å². The minimum Gasteiger partial charge on any atom is -0.368 e. The minimum absolute atomic E-state index is 0.205. The molecule has 20 heavy (non-hydrogen) atoms. The van der Waals surface area contributed by atoms with E-state index in [0.717, 1.165) is 0 Å². The summed E-state index contributed by atoms with van der Waals surface area (Å²) in [6, 6.07) is 11.1. The maximum absolute atomic E-state index is 13.8. The number of benzene rings is 2. The van der Waals surface area contributed by atoms with E-state index in [4.69, 9.17) is 5.73 Å². The van der Waals surface area contributed by atoms with Gasteiger partial charge >= 0.3 is 0 Å². The average Bonchev–Trinajstić information content (AvgIpc) is 2.45. The van der Waals surface area contributed by atoms with Crippen molar-refractivity contribution in [3.8, 4) is 0 Å². The Morgan fingerprint density at radius 1 is 1.15 bits per heavy atom. The molecule has 0 aliphatic carbocycles. The van der Waals surface area contributed by atoms with Gasteiger partial charge < -0.3 is 10.6 Å². The van der Waals surface area contributed by atoms with Crippen LogP contribution in [0.25, 0.3) is 0 Å². The highest BCUT2D eigenvalue weighted by Gasteiger charge is 2.16. The van der Waals surface area contributed by atoms with Gasteiger partial charge in [0.1, 0.15) is 11.6 Å². The van der Waals surface area contributed by atoms with Gasteiger partial charge in [-0.1, -0.05) is 18.2 Å². The normalized spacial score (nSPS) is 12.2. The van der Waals surface area contributed by atoms with Crippen molar-refractivity contribution in [2.45, 2.75) is 19.5 Å². The number of halogens is 2. The fourth-order valence-corrected chi connectivity index (χ4v) is 2.20. The molecule has 0 saturated carbocycles. The summed E-state index contributed by atoms with van der Waals surface area (Å²) in [5, 5.41) is 0. The van der Waals surface area contributed by atoms with Crippen molar-refractivity contribution < 1.29 is 8.78 Å². The van der Waals surface area contributed by atoms with Crippen molar-refractivity contribution in [1.82, 2.24) is 0 Å². The number of nitrogens with two attached hydrogens (primary N) is 1. The zero-order valence-corrected chi connectivity index (χ0v) is 11.6. The van der Waals surface area contributed by atoms with Crippen molar-refractivity contribution in [3.05, 3.63) is 65.2 Å². The lowest BCUT2D eigenvalue weighted by Crippen LogP contribution is -2.23. The molecule has 0 aromatic heterocycles. The number of hydrogen-bond acceptors (Lipinski definition) is 2. The molecule has 0 aliphatic heterocycles. The Morgan fingerprint density at radius 3 is 2.50 bits per heavy atom. The van der Waals surface area contributed by atoms with E-state index in [0.29, 0.717) is 16.8 Å². The molecule has 2 rings (SSSR count). The van der Waals surface area contributed by atoms with Gasteiger partial charge in [-0.15, -0.1) is 0 Å². The molecule has 106 valence electrons. The molecule has 0 fully saturated rings. The fraction of sp³-hybridized carbons (Fsp3) is 0.250. The van der Waals surface area contributed by atoms with Crippen LogP contribution in [0.3, 0.4) is 0 Å². The maximum atomic E-state index is 13.8. The maximum Gasteiger partial charge on any atom is 0.128 e. The number of nitrogens with zero attached hydrogens (tertiary/aromatic N) is 1. The van der Waals surface area contributed by atoms with Crippen LogP contribution in [0.15, 0.2) is 42.5 Å². The first-order valence-electron chi connectivity index (χ1n) is 6.49. The van der Waals surface area contributed by atoms with Crippen LogP contribution in [0.4, 0.5) is 14.5 Å².